The van der Waals surface area contributed by atoms with Gasteiger partial charge in [-0.2, -0.15) is 0 Å². The molecule has 0 saturated heterocycles. The van der Waals surface area contributed by atoms with Gasteiger partial charge in [0.25, 0.3) is 0 Å². The quantitative estimate of drug-likeness (QED) is 0.903. The predicted octanol–water partition coefficient (Wildman–Crippen LogP) is 3.94. The molecule has 2 aromatic rings. The summed E-state index contributed by atoms with van der Waals surface area (Å²) in [6.07, 6.45) is 0. The Labute approximate surface area is 124 Å². The SMILES string of the molecule is C=C(c1ccccc1OC)c1ccccc1C(C)C(=O)O. The molecule has 1 N–H and O–H groups in total. The first-order chi connectivity index (χ1) is 10.1. The maximum Gasteiger partial charge on any atom is 0.310 e. The molecule has 0 fully saturated rings. The van der Waals surface area contributed by atoms with Crippen molar-refractivity contribution >= 4 is 11.5 Å². The molecule has 2 aromatic carbocycles. The van der Waals surface area contributed by atoms with E-state index in [0.29, 0.717) is 0 Å². The van der Waals surface area contributed by atoms with Crippen molar-refractivity contribution in [2.75, 3.05) is 7.11 Å². The molecule has 2 rings (SSSR count). The van der Waals surface area contributed by atoms with Gasteiger partial charge in [0.05, 0.1) is 13.0 Å². The Morgan fingerprint density at radius 3 is 2.29 bits per heavy atom. The Morgan fingerprint density at radius 2 is 1.67 bits per heavy atom. The summed E-state index contributed by atoms with van der Waals surface area (Å²) in [7, 11) is 1.61. The number of aliphatic carboxylic acids is 1. The van der Waals surface area contributed by atoms with Crippen LogP contribution in [-0.4, -0.2) is 18.2 Å². The Hall–Kier alpha value is -2.55. The largest absolute Gasteiger partial charge is 0.496 e. The van der Waals surface area contributed by atoms with Crippen LogP contribution in [0.3, 0.4) is 0 Å². The molecular formula is C18H18O3. The smallest absolute Gasteiger partial charge is 0.310 e. The van der Waals surface area contributed by atoms with Crippen LogP contribution in [0.4, 0.5) is 0 Å². The summed E-state index contributed by atoms with van der Waals surface area (Å²) in [6, 6.07) is 15.0. The maximum absolute atomic E-state index is 11.3. The van der Waals surface area contributed by atoms with E-state index in [4.69, 9.17) is 4.74 Å². The van der Waals surface area contributed by atoms with Crippen LogP contribution in [0.1, 0.15) is 29.5 Å². The minimum Gasteiger partial charge on any atom is -0.496 e. The molecule has 0 aromatic heterocycles. The van der Waals surface area contributed by atoms with Crippen LogP contribution >= 0.6 is 0 Å². The van der Waals surface area contributed by atoms with Crippen molar-refractivity contribution < 1.29 is 14.6 Å². The molecule has 0 bridgehead atoms. The van der Waals surface area contributed by atoms with Gasteiger partial charge in [0.2, 0.25) is 0 Å². The third-order valence-corrected chi connectivity index (χ3v) is 3.55. The van der Waals surface area contributed by atoms with Gasteiger partial charge in [0, 0.05) is 5.56 Å². The highest BCUT2D eigenvalue weighted by atomic mass is 16.5. The number of carboxylic acid groups (broad SMARTS) is 1. The molecule has 0 aliphatic rings. The second-order valence-corrected chi connectivity index (χ2v) is 4.83. The molecule has 3 heteroatoms. The topological polar surface area (TPSA) is 46.5 Å². The fourth-order valence-corrected chi connectivity index (χ4v) is 2.32. The fourth-order valence-electron chi connectivity index (χ4n) is 2.32. The molecule has 3 nitrogen and oxygen atoms in total. The molecular weight excluding hydrogens is 264 g/mol. The summed E-state index contributed by atoms with van der Waals surface area (Å²) in [6.45, 7) is 5.81. The first-order valence-corrected chi connectivity index (χ1v) is 6.70. The van der Waals surface area contributed by atoms with Crippen LogP contribution in [0, 0.1) is 0 Å². The van der Waals surface area contributed by atoms with Crippen LogP contribution in [0.5, 0.6) is 5.75 Å². The molecule has 21 heavy (non-hydrogen) atoms. The average Bonchev–Trinajstić information content (AvgIpc) is 2.53. The van der Waals surface area contributed by atoms with Gasteiger partial charge in [-0.25, -0.2) is 0 Å². The van der Waals surface area contributed by atoms with E-state index in [-0.39, 0.29) is 0 Å². The van der Waals surface area contributed by atoms with Crippen molar-refractivity contribution in [2.24, 2.45) is 0 Å². The van der Waals surface area contributed by atoms with Crippen molar-refractivity contribution in [3.8, 4) is 5.75 Å². The van der Waals surface area contributed by atoms with Crippen LogP contribution in [0.15, 0.2) is 55.1 Å². The van der Waals surface area contributed by atoms with Crippen molar-refractivity contribution in [3.05, 3.63) is 71.8 Å². The molecule has 0 spiro atoms. The van der Waals surface area contributed by atoms with E-state index in [1.807, 2.05) is 48.5 Å². The number of rotatable bonds is 5. The van der Waals surface area contributed by atoms with Gasteiger partial charge >= 0.3 is 5.97 Å². The molecule has 1 unspecified atom stereocenters. The van der Waals surface area contributed by atoms with Crippen molar-refractivity contribution in [3.63, 3.8) is 0 Å². The van der Waals surface area contributed by atoms with Gasteiger partial charge < -0.3 is 9.84 Å². The number of hydrogen-bond acceptors (Lipinski definition) is 2. The maximum atomic E-state index is 11.3. The first-order valence-electron chi connectivity index (χ1n) is 6.70. The zero-order chi connectivity index (χ0) is 15.4. The summed E-state index contributed by atoms with van der Waals surface area (Å²) in [4.78, 5) is 11.3. The Bertz CT molecular complexity index is 674. The second-order valence-electron chi connectivity index (χ2n) is 4.83. The zero-order valence-electron chi connectivity index (χ0n) is 12.2. The molecule has 0 amide bonds. The highest BCUT2D eigenvalue weighted by Gasteiger charge is 2.19. The normalized spacial score (nSPS) is 11.7. The first kappa shape index (κ1) is 14.9. The second kappa shape index (κ2) is 6.27. The van der Waals surface area contributed by atoms with E-state index >= 15 is 0 Å². The lowest BCUT2D eigenvalue weighted by atomic mass is 9.89. The number of methoxy groups -OCH3 is 1. The molecule has 0 saturated carbocycles. The van der Waals surface area contributed by atoms with E-state index in [1.165, 1.54) is 0 Å². The minimum absolute atomic E-state index is 0.590. The highest BCUT2D eigenvalue weighted by Crippen LogP contribution is 2.33. The van der Waals surface area contributed by atoms with Crippen LogP contribution in [-0.2, 0) is 4.79 Å². The van der Waals surface area contributed by atoms with E-state index in [9.17, 15) is 9.90 Å². The number of benzene rings is 2. The Kier molecular flexibility index (Phi) is 4.43. The van der Waals surface area contributed by atoms with E-state index < -0.39 is 11.9 Å². The molecule has 0 aliphatic carbocycles. The lowest BCUT2D eigenvalue weighted by Crippen LogP contribution is -2.10. The van der Waals surface area contributed by atoms with Gasteiger partial charge in [0.1, 0.15) is 5.75 Å². The third kappa shape index (κ3) is 2.97. The molecule has 1 atom stereocenters. The summed E-state index contributed by atoms with van der Waals surface area (Å²) < 4.78 is 5.36. The lowest BCUT2D eigenvalue weighted by molar-refractivity contribution is -0.138. The number of hydrogen-bond donors (Lipinski definition) is 1. The Morgan fingerprint density at radius 1 is 1.10 bits per heavy atom. The van der Waals surface area contributed by atoms with Crippen molar-refractivity contribution in [2.45, 2.75) is 12.8 Å². The fraction of sp³-hybridized carbons (Fsp3) is 0.167. The molecule has 108 valence electrons. The Balaban J connectivity index is 2.52. The molecule has 0 heterocycles. The van der Waals surface area contributed by atoms with Gasteiger partial charge in [-0.1, -0.05) is 49.0 Å². The van der Waals surface area contributed by atoms with Gasteiger partial charge in [-0.3, -0.25) is 4.79 Å². The van der Waals surface area contributed by atoms with Crippen molar-refractivity contribution in [1.29, 1.82) is 0 Å². The minimum atomic E-state index is -0.852. The number of carbonyl (C=O) groups is 1. The van der Waals surface area contributed by atoms with Crippen molar-refractivity contribution in [1.82, 2.24) is 0 Å². The summed E-state index contributed by atoms with van der Waals surface area (Å²) in [5.41, 5.74) is 3.21. The predicted molar refractivity (Wildman–Crippen MR) is 83.6 cm³/mol. The van der Waals surface area contributed by atoms with Crippen LogP contribution in [0.2, 0.25) is 0 Å². The summed E-state index contributed by atoms with van der Waals surface area (Å²) in [5, 5.41) is 9.26. The van der Waals surface area contributed by atoms with E-state index in [2.05, 4.69) is 6.58 Å². The van der Waals surface area contributed by atoms with E-state index in [0.717, 1.165) is 28.0 Å². The van der Waals surface area contributed by atoms with Gasteiger partial charge in [-0.05, 0) is 29.7 Å². The van der Waals surface area contributed by atoms with Crippen LogP contribution in [0.25, 0.3) is 5.57 Å². The molecule has 0 aliphatic heterocycles. The average molecular weight is 282 g/mol. The number of ether oxygens (including phenoxy) is 1. The highest BCUT2D eigenvalue weighted by molar-refractivity contribution is 5.86. The summed E-state index contributed by atoms with van der Waals surface area (Å²) >= 11 is 0. The number of para-hydroxylation sites is 1. The standard InChI is InChI=1S/C18H18O3/c1-12(16-10-6-7-11-17(16)21-3)14-8-4-5-9-15(14)13(2)18(19)20/h4-11,13H,1H2,2-3H3,(H,19,20). The van der Waals surface area contributed by atoms with Gasteiger partial charge in [0.15, 0.2) is 0 Å². The number of carboxylic acids is 1. The van der Waals surface area contributed by atoms with Crippen LogP contribution < -0.4 is 4.74 Å². The molecule has 0 radical (unpaired) electrons. The van der Waals surface area contributed by atoms with E-state index in [1.54, 1.807) is 14.0 Å². The summed E-state index contributed by atoms with van der Waals surface area (Å²) in [5.74, 6) is -0.719. The lowest BCUT2D eigenvalue weighted by Gasteiger charge is -2.17. The zero-order valence-corrected chi connectivity index (χ0v) is 12.2. The third-order valence-electron chi connectivity index (χ3n) is 3.55. The van der Waals surface area contributed by atoms with Gasteiger partial charge in [-0.15, -0.1) is 0 Å². The monoisotopic (exact) mass is 282 g/mol.